The summed E-state index contributed by atoms with van der Waals surface area (Å²) in [7, 11) is 0. The van der Waals surface area contributed by atoms with Crippen LogP contribution in [0.3, 0.4) is 0 Å². The van der Waals surface area contributed by atoms with Gasteiger partial charge in [-0.1, -0.05) is 84.9 Å². The maximum Gasteiger partial charge on any atom is 0.209 e. The molecule has 0 saturated carbocycles. The molecule has 6 rings (SSSR count). The molecule has 2 aromatic heterocycles. The molecule has 0 fully saturated rings. The van der Waals surface area contributed by atoms with Gasteiger partial charge in [-0.25, -0.2) is 20.0 Å². The number of hydrogen-bond acceptors (Lipinski definition) is 8. The van der Waals surface area contributed by atoms with E-state index in [9.17, 15) is 10.2 Å². The Hall–Kier alpha value is -4.43. The van der Waals surface area contributed by atoms with E-state index in [0.717, 1.165) is 22.5 Å². The first kappa shape index (κ1) is 29.6. The third-order valence-electron chi connectivity index (χ3n) is 5.62. The number of phenols is 2. The van der Waals surface area contributed by atoms with E-state index in [2.05, 4.69) is 20.0 Å². The Bertz CT molecular complexity index is 1610. The van der Waals surface area contributed by atoms with Gasteiger partial charge in [-0.15, -0.1) is 22.7 Å². The van der Waals surface area contributed by atoms with Crippen LogP contribution in [-0.4, -0.2) is 32.6 Å². The number of aromatic hydroxyl groups is 2. The van der Waals surface area contributed by atoms with Crippen molar-refractivity contribution in [3.8, 4) is 34.0 Å². The van der Waals surface area contributed by atoms with Crippen LogP contribution in [-0.2, 0) is 16.5 Å². The Balaban J connectivity index is 0.000000184. The molecule has 0 aliphatic carbocycles. The summed E-state index contributed by atoms with van der Waals surface area (Å²) in [4.78, 5) is 17.5. The fraction of sp³-hybridized carbons (Fsp3) is 0. The van der Waals surface area contributed by atoms with Crippen LogP contribution in [0, 0.1) is 0 Å². The number of rotatable bonds is 6. The van der Waals surface area contributed by atoms with Crippen molar-refractivity contribution >= 4 is 45.4 Å². The summed E-state index contributed by atoms with van der Waals surface area (Å²) in [5.41, 5.74) is 5.36. The summed E-state index contributed by atoms with van der Waals surface area (Å²) in [6.45, 7) is 0. The molecule has 2 N–H and O–H groups in total. The zero-order valence-electron chi connectivity index (χ0n) is 21.5. The fourth-order valence-corrected chi connectivity index (χ4v) is 4.91. The molecule has 0 atom stereocenters. The maximum atomic E-state index is 9.66. The summed E-state index contributed by atoms with van der Waals surface area (Å²) in [6.07, 6.45) is 3.26. The van der Waals surface area contributed by atoms with E-state index in [1.54, 1.807) is 36.7 Å². The maximum absolute atomic E-state index is 9.66. The molecule has 6 aromatic rings. The van der Waals surface area contributed by atoms with Crippen molar-refractivity contribution in [2.24, 2.45) is 9.98 Å². The van der Waals surface area contributed by atoms with Crippen LogP contribution in [0.5, 0.6) is 11.5 Å². The second-order valence-corrected chi connectivity index (χ2v) is 10.1. The number of thiazole rings is 2. The van der Waals surface area contributed by atoms with E-state index in [1.807, 2.05) is 95.7 Å². The minimum Gasteiger partial charge on any atom is -0.507 e. The summed E-state index contributed by atoms with van der Waals surface area (Å²) >= 11 is 2.96. The molecule has 0 spiro atoms. The minimum atomic E-state index is 0. The van der Waals surface area contributed by atoms with Crippen LogP contribution in [0.15, 0.2) is 130 Å². The molecule has 0 saturated heterocycles. The number of aromatic nitrogens is 2. The van der Waals surface area contributed by atoms with Crippen LogP contribution >= 0.6 is 22.7 Å². The van der Waals surface area contributed by atoms with Crippen molar-refractivity contribution < 1.29 is 26.7 Å². The van der Waals surface area contributed by atoms with Gasteiger partial charge in [0.05, 0.1) is 11.4 Å². The standard InChI is InChI=1S/2C16H12N2OS.Ni/c2*19-15-9-5-4-8-13(15)10-17-16-18-14(11-20-16)12-6-2-1-3-7-12;/h2*1-11,19H;. The van der Waals surface area contributed by atoms with Crippen LogP contribution in [0.1, 0.15) is 11.1 Å². The summed E-state index contributed by atoms with van der Waals surface area (Å²) < 4.78 is 0. The number of para-hydroxylation sites is 2. The average Bonchev–Trinajstić information content (AvgIpc) is 3.68. The summed E-state index contributed by atoms with van der Waals surface area (Å²) in [5.74, 6) is 0.437. The molecule has 2 heterocycles. The SMILES string of the molecule is Oc1ccccc1C=Nc1nc(-c2ccccc2)cs1.Oc1ccccc1C=Nc1nc(-c2ccccc2)cs1.[Ni]. The summed E-state index contributed by atoms with van der Waals surface area (Å²) in [5, 5.41) is 24.6. The molecule has 206 valence electrons. The predicted molar refractivity (Wildman–Crippen MR) is 166 cm³/mol. The van der Waals surface area contributed by atoms with Gasteiger partial charge in [0, 0.05) is 61.9 Å². The molecule has 0 radical (unpaired) electrons. The van der Waals surface area contributed by atoms with Gasteiger partial charge in [0.1, 0.15) is 11.5 Å². The topological polar surface area (TPSA) is 91.0 Å². The van der Waals surface area contributed by atoms with E-state index in [4.69, 9.17) is 0 Å². The fourth-order valence-electron chi connectivity index (χ4n) is 3.57. The van der Waals surface area contributed by atoms with Crippen LogP contribution < -0.4 is 0 Å². The van der Waals surface area contributed by atoms with E-state index in [-0.39, 0.29) is 28.0 Å². The molecule has 0 aliphatic heterocycles. The van der Waals surface area contributed by atoms with Crippen LogP contribution in [0.2, 0.25) is 0 Å². The quantitative estimate of drug-likeness (QED) is 0.144. The molecular formula is C32H24N4NiO2S2. The first-order chi connectivity index (χ1) is 19.7. The largest absolute Gasteiger partial charge is 0.507 e. The van der Waals surface area contributed by atoms with Gasteiger partial charge in [0.25, 0.3) is 0 Å². The smallest absolute Gasteiger partial charge is 0.209 e. The molecular weight excluding hydrogens is 595 g/mol. The average molecular weight is 619 g/mol. The summed E-state index contributed by atoms with van der Waals surface area (Å²) in [6, 6.07) is 34.2. The monoisotopic (exact) mass is 618 g/mol. The molecule has 4 aromatic carbocycles. The number of aliphatic imine (C=N–C) groups is 2. The third kappa shape index (κ3) is 8.28. The second-order valence-electron chi connectivity index (χ2n) is 8.40. The first-order valence-electron chi connectivity index (χ1n) is 12.3. The van der Waals surface area contributed by atoms with Gasteiger partial charge < -0.3 is 10.2 Å². The zero-order chi connectivity index (χ0) is 27.6. The van der Waals surface area contributed by atoms with E-state index >= 15 is 0 Å². The number of phenolic OH excluding ortho intramolecular Hbond substituents is 2. The first-order valence-corrected chi connectivity index (χ1v) is 14.1. The van der Waals surface area contributed by atoms with Crippen molar-refractivity contribution in [1.29, 1.82) is 0 Å². The van der Waals surface area contributed by atoms with Crippen molar-refractivity contribution in [1.82, 2.24) is 9.97 Å². The molecule has 6 nitrogen and oxygen atoms in total. The number of benzene rings is 4. The Morgan fingerprint density at radius 2 is 0.878 bits per heavy atom. The van der Waals surface area contributed by atoms with Gasteiger partial charge in [-0.05, 0) is 24.3 Å². The van der Waals surface area contributed by atoms with Crippen molar-refractivity contribution in [2.75, 3.05) is 0 Å². The van der Waals surface area contributed by atoms with Gasteiger partial charge in [0.2, 0.25) is 10.3 Å². The van der Waals surface area contributed by atoms with E-state index in [0.29, 0.717) is 21.4 Å². The van der Waals surface area contributed by atoms with Crippen molar-refractivity contribution in [3.05, 3.63) is 131 Å². The molecule has 0 unspecified atom stereocenters. The number of nitrogens with zero attached hydrogens (tertiary/aromatic N) is 4. The third-order valence-corrected chi connectivity index (χ3v) is 7.12. The van der Waals surface area contributed by atoms with Crippen LogP contribution in [0.25, 0.3) is 22.5 Å². The Labute approximate surface area is 256 Å². The molecule has 0 amide bonds. The predicted octanol–water partition coefficient (Wildman–Crippen LogP) is 8.53. The molecule has 0 aliphatic rings. The van der Waals surface area contributed by atoms with E-state index < -0.39 is 0 Å². The Morgan fingerprint density at radius 3 is 1.27 bits per heavy atom. The van der Waals surface area contributed by atoms with Gasteiger partial charge in [-0.3, -0.25) is 0 Å². The van der Waals surface area contributed by atoms with Gasteiger partial charge >= 0.3 is 0 Å². The minimum absolute atomic E-state index is 0. The number of hydrogen-bond donors (Lipinski definition) is 2. The van der Waals surface area contributed by atoms with Crippen molar-refractivity contribution in [3.63, 3.8) is 0 Å². The molecule has 41 heavy (non-hydrogen) atoms. The Kier molecular flexibility index (Phi) is 10.7. The molecule has 0 bridgehead atoms. The van der Waals surface area contributed by atoms with E-state index in [1.165, 1.54) is 22.7 Å². The van der Waals surface area contributed by atoms with Crippen LogP contribution in [0.4, 0.5) is 10.3 Å². The van der Waals surface area contributed by atoms with Gasteiger partial charge in [-0.2, -0.15) is 0 Å². The second kappa shape index (κ2) is 14.8. The normalized spacial score (nSPS) is 10.7. The Morgan fingerprint density at radius 1 is 0.512 bits per heavy atom. The van der Waals surface area contributed by atoms with Crippen molar-refractivity contribution in [2.45, 2.75) is 0 Å². The zero-order valence-corrected chi connectivity index (χ0v) is 24.1. The van der Waals surface area contributed by atoms with Gasteiger partial charge in [0.15, 0.2) is 0 Å². The molecule has 9 heteroatoms.